The zero-order chi connectivity index (χ0) is 15.0. The minimum Gasteiger partial charge on any atom is -0.487 e. The first-order valence-electron chi connectivity index (χ1n) is 6.68. The van der Waals surface area contributed by atoms with Gasteiger partial charge < -0.3 is 4.74 Å². The molecule has 3 rings (SSSR count). The second kappa shape index (κ2) is 5.04. The zero-order valence-corrected chi connectivity index (χ0v) is 12.7. The number of hydrogen-bond acceptors (Lipinski definition) is 4. The van der Waals surface area contributed by atoms with Crippen LogP contribution in [-0.4, -0.2) is 26.1 Å². The lowest BCUT2D eigenvalue weighted by atomic mass is 10.2. The molecule has 6 heteroatoms. The minimum absolute atomic E-state index is 0.187. The van der Waals surface area contributed by atoms with Crippen LogP contribution in [0.3, 0.4) is 0 Å². The van der Waals surface area contributed by atoms with Crippen LogP contribution in [0.1, 0.15) is 12.5 Å². The summed E-state index contributed by atoms with van der Waals surface area (Å²) in [6.07, 6.45) is 2.72. The van der Waals surface area contributed by atoms with Crippen molar-refractivity contribution in [2.24, 2.45) is 0 Å². The van der Waals surface area contributed by atoms with E-state index in [-0.39, 0.29) is 17.5 Å². The van der Waals surface area contributed by atoms with E-state index < -0.39 is 10.0 Å². The van der Waals surface area contributed by atoms with Crippen molar-refractivity contribution in [3.8, 4) is 5.75 Å². The third-order valence-electron chi connectivity index (χ3n) is 3.36. The molecular formula is C15H16N2O3S. The molecule has 0 N–H and O–H groups in total. The van der Waals surface area contributed by atoms with E-state index in [2.05, 4.69) is 4.98 Å². The number of anilines is 1. The number of sulfonamides is 1. The van der Waals surface area contributed by atoms with Gasteiger partial charge in [0.25, 0.3) is 10.0 Å². The molecule has 0 saturated heterocycles. The van der Waals surface area contributed by atoms with Crippen molar-refractivity contribution in [2.45, 2.75) is 24.8 Å². The van der Waals surface area contributed by atoms with Gasteiger partial charge in [0.1, 0.15) is 16.7 Å². The molecule has 110 valence electrons. The summed E-state index contributed by atoms with van der Waals surface area (Å²) in [4.78, 5) is 4.09. The molecule has 0 saturated carbocycles. The Morgan fingerprint density at radius 3 is 2.86 bits per heavy atom. The Morgan fingerprint density at radius 2 is 2.14 bits per heavy atom. The Hall–Kier alpha value is -2.08. The number of aryl methyl sites for hydroxylation is 1. The maximum atomic E-state index is 12.8. The fourth-order valence-electron chi connectivity index (χ4n) is 2.36. The standard InChI is InChI=1S/C15H16N2O3S/c1-11-5-6-15-14(8-11)17(10-12(2)20-15)21(18,19)13-4-3-7-16-9-13/h3-9,12H,10H2,1-2H3/t12-/m1/s1. The topological polar surface area (TPSA) is 59.5 Å². The predicted molar refractivity (Wildman–Crippen MR) is 80.0 cm³/mol. The molecule has 1 aromatic carbocycles. The van der Waals surface area contributed by atoms with Crippen LogP contribution in [-0.2, 0) is 10.0 Å². The molecule has 0 bridgehead atoms. The number of benzene rings is 1. The summed E-state index contributed by atoms with van der Waals surface area (Å²) in [6.45, 7) is 4.06. The average Bonchev–Trinajstić information content (AvgIpc) is 2.48. The number of ether oxygens (including phenoxy) is 1. The number of hydrogen-bond donors (Lipinski definition) is 0. The quantitative estimate of drug-likeness (QED) is 0.854. The van der Waals surface area contributed by atoms with Gasteiger partial charge in [-0.3, -0.25) is 9.29 Å². The molecule has 1 aliphatic rings. The smallest absolute Gasteiger partial charge is 0.266 e. The molecule has 2 aromatic rings. The SMILES string of the molecule is Cc1ccc2c(c1)N(S(=O)(=O)c1cccnc1)C[C@@H](C)O2. The summed E-state index contributed by atoms with van der Waals surface area (Å²) in [7, 11) is -3.63. The summed E-state index contributed by atoms with van der Waals surface area (Å²) in [5.74, 6) is 0.590. The summed E-state index contributed by atoms with van der Waals surface area (Å²) in [6, 6.07) is 8.72. The molecule has 1 aromatic heterocycles. The Kier molecular flexibility index (Phi) is 3.33. The van der Waals surface area contributed by atoms with E-state index >= 15 is 0 Å². The molecule has 5 nitrogen and oxygen atoms in total. The van der Waals surface area contributed by atoms with Crippen molar-refractivity contribution < 1.29 is 13.2 Å². The number of aromatic nitrogens is 1. The molecule has 0 unspecified atom stereocenters. The van der Waals surface area contributed by atoms with Crippen LogP contribution in [0.15, 0.2) is 47.6 Å². The molecule has 2 heterocycles. The van der Waals surface area contributed by atoms with Gasteiger partial charge in [0.2, 0.25) is 0 Å². The first kappa shape index (κ1) is 13.9. The maximum absolute atomic E-state index is 12.8. The fraction of sp³-hybridized carbons (Fsp3) is 0.267. The van der Waals surface area contributed by atoms with E-state index in [9.17, 15) is 8.42 Å². The molecule has 0 spiro atoms. The Labute approximate surface area is 124 Å². The van der Waals surface area contributed by atoms with Gasteiger partial charge >= 0.3 is 0 Å². The van der Waals surface area contributed by atoms with E-state index in [1.807, 2.05) is 32.0 Å². The van der Waals surface area contributed by atoms with E-state index in [4.69, 9.17) is 4.74 Å². The van der Waals surface area contributed by atoms with Crippen LogP contribution in [0.5, 0.6) is 5.75 Å². The van der Waals surface area contributed by atoms with Crippen molar-refractivity contribution in [1.29, 1.82) is 0 Å². The highest BCUT2D eigenvalue weighted by atomic mass is 32.2. The van der Waals surface area contributed by atoms with Gasteiger partial charge in [0.15, 0.2) is 0 Å². The van der Waals surface area contributed by atoms with Crippen LogP contribution < -0.4 is 9.04 Å². The lowest BCUT2D eigenvalue weighted by Gasteiger charge is -2.34. The van der Waals surface area contributed by atoms with Crippen molar-refractivity contribution in [3.05, 3.63) is 48.3 Å². The highest BCUT2D eigenvalue weighted by Gasteiger charge is 2.33. The maximum Gasteiger partial charge on any atom is 0.266 e. The van der Waals surface area contributed by atoms with Gasteiger partial charge in [-0.25, -0.2) is 8.42 Å². The lowest BCUT2D eigenvalue weighted by Crippen LogP contribution is -2.42. The number of nitrogens with zero attached hydrogens (tertiary/aromatic N) is 2. The molecule has 1 aliphatic heterocycles. The minimum atomic E-state index is -3.63. The predicted octanol–water partition coefficient (Wildman–Crippen LogP) is 2.37. The molecule has 1 atom stereocenters. The van der Waals surface area contributed by atoms with Crippen molar-refractivity contribution in [3.63, 3.8) is 0 Å². The van der Waals surface area contributed by atoms with Crippen LogP contribution in [0.4, 0.5) is 5.69 Å². The highest BCUT2D eigenvalue weighted by Crippen LogP contribution is 2.37. The second-order valence-corrected chi connectivity index (χ2v) is 6.99. The van der Waals surface area contributed by atoms with E-state index in [0.29, 0.717) is 11.4 Å². The molecule has 0 radical (unpaired) electrons. The normalized spacial score (nSPS) is 18.0. The molecular weight excluding hydrogens is 288 g/mol. The summed E-state index contributed by atoms with van der Waals surface area (Å²) < 4.78 is 32.8. The van der Waals surface area contributed by atoms with Crippen molar-refractivity contribution in [1.82, 2.24) is 4.98 Å². The molecule has 0 fully saturated rings. The Bertz CT molecular complexity index is 760. The average molecular weight is 304 g/mol. The molecule has 0 amide bonds. The third kappa shape index (κ3) is 2.47. The van der Waals surface area contributed by atoms with Gasteiger partial charge in [-0.1, -0.05) is 6.07 Å². The van der Waals surface area contributed by atoms with Crippen LogP contribution in [0.2, 0.25) is 0 Å². The first-order valence-corrected chi connectivity index (χ1v) is 8.12. The molecule has 21 heavy (non-hydrogen) atoms. The van der Waals surface area contributed by atoms with Crippen LogP contribution in [0.25, 0.3) is 0 Å². The Balaban J connectivity index is 2.13. The largest absolute Gasteiger partial charge is 0.487 e. The van der Waals surface area contributed by atoms with Gasteiger partial charge in [-0.2, -0.15) is 0 Å². The highest BCUT2D eigenvalue weighted by molar-refractivity contribution is 7.92. The van der Waals surface area contributed by atoms with Gasteiger partial charge in [0, 0.05) is 12.4 Å². The van der Waals surface area contributed by atoms with Crippen molar-refractivity contribution in [2.75, 3.05) is 10.8 Å². The third-order valence-corrected chi connectivity index (χ3v) is 5.12. The second-order valence-electron chi connectivity index (χ2n) is 5.12. The van der Waals surface area contributed by atoms with Gasteiger partial charge in [-0.15, -0.1) is 0 Å². The van der Waals surface area contributed by atoms with E-state index in [1.165, 1.54) is 10.5 Å². The van der Waals surface area contributed by atoms with Gasteiger partial charge in [0.05, 0.1) is 12.2 Å². The van der Waals surface area contributed by atoms with Crippen molar-refractivity contribution >= 4 is 15.7 Å². The Morgan fingerprint density at radius 1 is 1.33 bits per heavy atom. The number of rotatable bonds is 2. The lowest BCUT2D eigenvalue weighted by molar-refractivity contribution is 0.219. The first-order chi connectivity index (χ1) is 9.98. The van der Waals surface area contributed by atoms with Gasteiger partial charge in [-0.05, 0) is 43.7 Å². The van der Waals surface area contributed by atoms with E-state index in [1.54, 1.807) is 18.3 Å². The fourth-order valence-corrected chi connectivity index (χ4v) is 3.87. The molecule has 0 aliphatic carbocycles. The number of pyridine rings is 1. The summed E-state index contributed by atoms with van der Waals surface area (Å²) >= 11 is 0. The summed E-state index contributed by atoms with van der Waals surface area (Å²) in [5, 5.41) is 0. The van der Waals surface area contributed by atoms with E-state index in [0.717, 1.165) is 5.56 Å². The monoisotopic (exact) mass is 304 g/mol. The zero-order valence-electron chi connectivity index (χ0n) is 11.9. The summed E-state index contributed by atoms with van der Waals surface area (Å²) in [5.41, 5.74) is 1.57. The van der Waals surface area contributed by atoms with Crippen LogP contribution in [0, 0.1) is 6.92 Å². The number of fused-ring (bicyclic) bond motifs is 1. The van der Waals surface area contributed by atoms with Crippen LogP contribution >= 0.6 is 0 Å².